The molecular formula is C41H52N10O3. The summed E-state index contributed by atoms with van der Waals surface area (Å²) in [7, 11) is 3.58. The summed E-state index contributed by atoms with van der Waals surface area (Å²) < 4.78 is 2.13. The normalized spacial score (nSPS) is 20.8. The number of nitrogens with one attached hydrogen (secondary N) is 2. The van der Waals surface area contributed by atoms with Crippen molar-refractivity contribution in [3.05, 3.63) is 71.7 Å². The number of hydrogen-bond acceptors (Lipinski definition) is 10. The average molecular weight is 733 g/mol. The van der Waals surface area contributed by atoms with Crippen molar-refractivity contribution in [2.24, 2.45) is 0 Å². The van der Waals surface area contributed by atoms with Crippen LogP contribution in [0.3, 0.4) is 0 Å². The van der Waals surface area contributed by atoms with Gasteiger partial charge in [0.15, 0.2) is 0 Å². The summed E-state index contributed by atoms with van der Waals surface area (Å²) in [6.45, 7) is 8.39. The van der Waals surface area contributed by atoms with Crippen molar-refractivity contribution in [1.29, 1.82) is 0 Å². The van der Waals surface area contributed by atoms with Crippen molar-refractivity contribution in [3.63, 3.8) is 0 Å². The Balaban J connectivity index is 0.792. The first kappa shape index (κ1) is 36.1. The summed E-state index contributed by atoms with van der Waals surface area (Å²) in [6.07, 6.45) is 11.5. The van der Waals surface area contributed by atoms with Crippen LogP contribution in [0.5, 0.6) is 0 Å². The van der Waals surface area contributed by atoms with Gasteiger partial charge in [0.2, 0.25) is 17.8 Å². The summed E-state index contributed by atoms with van der Waals surface area (Å²) >= 11 is 0. The highest BCUT2D eigenvalue weighted by Crippen LogP contribution is 2.35. The smallest absolute Gasteiger partial charge is 0.270 e. The van der Waals surface area contributed by atoms with E-state index in [-0.39, 0.29) is 29.7 Å². The highest BCUT2D eigenvalue weighted by Gasteiger charge is 2.29. The number of hydrogen-bond donors (Lipinski definition) is 2. The number of nitrogens with zero attached hydrogens (tertiary/aromatic N) is 8. The highest BCUT2D eigenvalue weighted by atomic mass is 16.2. The molecule has 54 heavy (non-hydrogen) atoms. The van der Waals surface area contributed by atoms with E-state index in [9.17, 15) is 14.4 Å². The Kier molecular flexibility index (Phi) is 10.6. The number of piperazine rings is 1. The number of carbonyl (C=O) groups is 3. The highest BCUT2D eigenvalue weighted by molar-refractivity contribution is 6.01. The molecule has 8 rings (SSSR count). The van der Waals surface area contributed by atoms with Crippen LogP contribution in [-0.2, 0) is 9.59 Å². The molecule has 0 radical (unpaired) electrons. The second-order valence-electron chi connectivity index (χ2n) is 15.7. The number of piperidine rings is 2. The van der Waals surface area contributed by atoms with Crippen LogP contribution in [0.25, 0.3) is 11.0 Å². The molecule has 0 spiro atoms. The number of pyridine rings is 1. The van der Waals surface area contributed by atoms with Crippen LogP contribution in [0.4, 0.5) is 17.5 Å². The molecule has 3 amide bonds. The lowest BCUT2D eigenvalue weighted by atomic mass is 9.86. The first-order valence-electron chi connectivity index (χ1n) is 19.7. The molecule has 1 aliphatic carbocycles. The van der Waals surface area contributed by atoms with E-state index in [1.165, 1.54) is 5.56 Å². The van der Waals surface area contributed by atoms with E-state index in [4.69, 9.17) is 9.97 Å². The third kappa shape index (κ3) is 7.83. The van der Waals surface area contributed by atoms with Gasteiger partial charge in [-0.2, -0.15) is 4.98 Å². The Morgan fingerprint density at radius 1 is 0.833 bits per heavy atom. The number of likely N-dealkylation sites (tertiary alicyclic amines) is 1. The molecule has 1 atom stereocenters. The minimum Gasteiger partial charge on any atom is -0.368 e. The zero-order valence-electron chi connectivity index (χ0n) is 31.5. The number of amides is 3. The Morgan fingerprint density at radius 2 is 1.54 bits per heavy atom. The zero-order valence-corrected chi connectivity index (χ0v) is 31.5. The summed E-state index contributed by atoms with van der Waals surface area (Å²) in [5.41, 5.74) is 4.94. The molecule has 1 unspecified atom stereocenters. The molecule has 1 saturated carbocycles. The van der Waals surface area contributed by atoms with E-state index in [0.29, 0.717) is 36.2 Å². The van der Waals surface area contributed by atoms with Crippen LogP contribution in [0.2, 0.25) is 0 Å². The van der Waals surface area contributed by atoms with Gasteiger partial charge in [-0.15, -0.1) is 0 Å². The third-order valence-corrected chi connectivity index (χ3v) is 12.0. The predicted octanol–water partition coefficient (Wildman–Crippen LogP) is 4.91. The van der Waals surface area contributed by atoms with E-state index in [0.717, 1.165) is 113 Å². The van der Waals surface area contributed by atoms with Gasteiger partial charge in [-0.3, -0.25) is 24.6 Å². The molecule has 1 aromatic carbocycles. The molecule has 3 aliphatic heterocycles. The van der Waals surface area contributed by atoms with Crippen LogP contribution in [0.1, 0.15) is 90.9 Å². The third-order valence-electron chi connectivity index (χ3n) is 12.0. The van der Waals surface area contributed by atoms with Gasteiger partial charge < -0.3 is 24.6 Å². The molecule has 4 aromatic rings. The van der Waals surface area contributed by atoms with Gasteiger partial charge in [0, 0.05) is 77.4 Å². The van der Waals surface area contributed by atoms with Gasteiger partial charge in [0.25, 0.3) is 5.91 Å². The first-order valence-corrected chi connectivity index (χ1v) is 19.7. The molecule has 2 N–H and O–H groups in total. The van der Waals surface area contributed by atoms with Crippen molar-refractivity contribution in [3.8, 4) is 0 Å². The van der Waals surface area contributed by atoms with E-state index in [1.807, 2.05) is 18.3 Å². The summed E-state index contributed by atoms with van der Waals surface area (Å²) in [5, 5.41) is 6.64. The average Bonchev–Trinajstić information content (AvgIpc) is 3.86. The van der Waals surface area contributed by atoms with Crippen LogP contribution in [-0.4, -0.2) is 118 Å². The second kappa shape index (κ2) is 15.8. The largest absolute Gasteiger partial charge is 0.368 e. The van der Waals surface area contributed by atoms with Crippen molar-refractivity contribution in [1.82, 2.24) is 39.5 Å². The lowest BCUT2D eigenvalue weighted by Gasteiger charge is -2.38. The second-order valence-corrected chi connectivity index (χ2v) is 15.7. The number of fused-ring (bicyclic) bond motifs is 1. The lowest BCUT2D eigenvalue weighted by Crippen LogP contribution is -2.49. The van der Waals surface area contributed by atoms with Gasteiger partial charge in [0.1, 0.15) is 17.2 Å². The van der Waals surface area contributed by atoms with Crippen molar-refractivity contribution in [2.45, 2.75) is 69.2 Å². The summed E-state index contributed by atoms with van der Waals surface area (Å²) in [6, 6.07) is 14.8. The maximum absolute atomic E-state index is 13.1. The Labute approximate surface area is 317 Å². The van der Waals surface area contributed by atoms with Gasteiger partial charge in [0.05, 0.1) is 17.8 Å². The van der Waals surface area contributed by atoms with Gasteiger partial charge >= 0.3 is 0 Å². The molecular weight excluding hydrogens is 681 g/mol. The van der Waals surface area contributed by atoms with Crippen molar-refractivity contribution in [2.75, 3.05) is 76.7 Å². The predicted molar refractivity (Wildman–Crippen MR) is 209 cm³/mol. The minimum atomic E-state index is -0.221. The monoisotopic (exact) mass is 732 g/mol. The standard InChI is InChI=1S/C41H52N10O3/c1-47(2)40(54)35-25-31-26-43-41(46-38(31)51(35)32-5-3-4-6-32)44-36-13-11-33(27-42-36)50-23-21-49(22-24-50)20-19-48-17-15-29(16-18-48)28-7-9-30(10-8-28)34-12-14-37(52)45-39(34)53/h7-11,13,25-27,29,32,34H,3-6,12,14-24H2,1-2H3,(H,45,52,53)(H,42,43,44,46). The molecule has 284 valence electrons. The molecule has 13 nitrogen and oxygen atoms in total. The number of imide groups is 1. The number of anilines is 3. The topological polar surface area (TPSA) is 132 Å². The minimum absolute atomic E-state index is 0.0154. The fraction of sp³-hybridized carbons (Fsp3) is 0.512. The molecule has 6 heterocycles. The number of rotatable bonds is 10. The zero-order chi connectivity index (χ0) is 37.2. The fourth-order valence-electron chi connectivity index (χ4n) is 8.77. The summed E-state index contributed by atoms with van der Waals surface area (Å²) in [4.78, 5) is 60.2. The molecule has 0 bridgehead atoms. The van der Waals surface area contributed by atoms with Gasteiger partial charge in [-0.05, 0) is 80.4 Å². The Hall–Kier alpha value is -4.88. The van der Waals surface area contributed by atoms with Crippen LogP contribution in [0, 0.1) is 0 Å². The van der Waals surface area contributed by atoms with E-state index < -0.39 is 0 Å². The quantitative estimate of drug-likeness (QED) is 0.217. The Morgan fingerprint density at radius 3 is 2.20 bits per heavy atom. The molecule has 3 saturated heterocycles. The van der Waals surface area contributed by atoms with Gasteiger partial charge in [-0.1, -0.05) is 37.1 Å². The maximum atomic E-state index is 13.1. The van der Waals surface area contributed by atoms with E-state index in [2.05, 4.69) is 65.2 Å². The number of carbonyl (C=O) groups excluding carboxylic acids is 3. The lowest BCUT2D eigenvalue weighted by molar-refractivity contribution is -0.134. The molecule has 4 fully saturated rings. The van der Waals surface area contributed by atoms with Gasteiger partial charge in [-0.25, -0.2) is 9.97 Å². The maximum Gasteiger partial charge on any atom is 0.270 e. The summed E-state index contributed by atoms with van der Waals surface area (Å²) in [5.74, 6) is 1.14. The van der Waals surface area contributed by atoms with Crippen molar-refractivity contribution >= 4 is 46.2 Å². The molecule has 3 aromatic heterocycles. The van der Waals surface area contributed by atoms with E-state index in [1.54, 1.807) is 25.2 Å². The van der Waals surface area contributed by atoms with Crippen molar-refractivity contribution < 1.29 is 14.4 Å². The molecule has 13 heteroatoms. The van der Waals surface area contributed by atoms with E-state index >= 15 is 0 Å². The number of benzene rings is 1. The Bertz CT molecular complexity index is 1960. The van der Waals surface area contributed by atoms with Crippen LogP contribution in [0.15, 0.2) is 54.9 Å². The SMILES string of the molecule is CN(C)C(=O)c1cc2cnc(Nc3ccc(N4CCN(CCN5CCC(c6ccc(C7CCC(=O)NC7=O)cc6)CC5)CC4)cn3)nc2n1C1CCCC1. The van der Waals surface area contributed by atoms with Crippen LogP contribution < -0.4 is 15.5 Å². The van der Waals surface area contributed by atoms with Crippen LogP contribution >= 0.6 is 0 Å². The first-order chi connectivity index (χ1) is 26.3. The fourth-order valence-corrected chi connectivity index (χ4v) is 8.77. The number of aromatic nitrogens is 4. The molecule has 4 aliphatic rings.